The number of rotatable bonds is 7. The number of halogens is 2. The van der Waals surface area contributed by atoms with Crippen molar-refractivity contribution in [2.75, 3.05) is 18.5 Å². The molecule has 0 aliphatic heterocycles. The molecule has 0 saturated carbocycles. The molecule has 2 N–H and O–H groups in total. The molecule has 7 heteroatoms. The van der Waals surface area contributed by atoms with E-state index in [1.165, 1.54) is 6.07 Å². The predicted octanol–water partition coefficient (Wildman–Crippen LogP) is 4.40. The van der Waals surface area contributed by atoms with E-state index in [1.807, 2.05) is 13.8 Å². The number of nitrogens with one attached hydrogen (secondary N) is 2. The number of ether oxygens (including phenoxy) is 1. The van der Waals surface area contributed by atoms with E-state index < -0.39 is 5.91 Å². The average molecular weight is 395 g/mol. The van der Waals surface area contributed by atoms with Gasteiger partial charge in [-0.25, -0.2) is 0 Å². The lowest BCUT2D eigenvalue weighted by Gasteiger charge is -2.13. The van der Waals surface area contributed by atoms with Crippen molar-refractivity contribution in [2.24, 2.45) is 5.92 Å². The fourth-order valence-electron chi connectivity index (χ4n) is 2.10. The van der Waals surface area contributed by atoms with Gasteiger partial charge in [-0.3, -0.25) is 9.59 Å². The molecule has 0 unspecified atom stereocenters. The molecule has 0 aliphatic rings. The number of hydrogen-bond acceptors (Lipinski definition) is 3. The first-order valence-corrected chi connectivity index (χ1v) is 8.87. The lowest BCUT2D eigenvalue weighted by Crippen LogP contribution is -2.29. The molecule has 5 nitrogen and oxygen atoms in total. The summed E-state index contributed by atoms with van der Waals surface area (Å²) in [5, 5.41) is 6.33. The number of benzene rings is 2. The van der Waals surface area contributed by atoms with Gasteiger partial charge in [-0.15, -0.1) is 0 Å². The van der Waals surface area contributed by atoms with Crippen molar-refractivity contribution in [3.63, 3.8) is 0 Å². The second-order valence-corrected chi connectivity index (χ2v) is 6.90. The average Bonchev–Trinajstić information content (AvgIpc) is 2.61. The van der Waals surface area contributed by atoms with Crippen molar-refractivity contribution in [3.05, 3.63) is 58.1 Å². The van der Waals surface area contributed by atoms with Crippen LogP contribution in [-0.4, -0.2) is 25.0 Å². The number of hydrogen-bond donors (Lipinski definition) is 2. The van der Waals surface area contributed by atoms with Crippen molar-refractivity contribution in [2.45, 2.75) is 13.8 Å². The van der Waals surface area contributed by atoms with Gasteiger partial charge in [0.25, 0.3) is 11.8 Å². The molecule has 0 spiro atoms. The molecule has 0 radical (unpaired) electrons. The lowest BCUT2D eigenvalue weighted by atomic mass is 10.1. The quantitative estimate of drug-likeness (QED) is 0.731. The first-order chi connectivity index (χ1) is 12.4. The number of carbonyl (C=O) groups excluding carboxylic acids is 2. The van der Waals surface area contributed by atoms with Gasteiger partial charge < -0.3 is 15.4 Å². The number of para-hydroxylation sites is 1. The van der Waals surface area contributed by atoms with E-state index in [0.717, 1.165) is 0 Å². The van der Waals surface area contributed by atoms with Gasteiger partial charge in [-0.1, -0.05) is 49.2 Å². The Kier molecular flexibility index (Phi) is 7.30. The van der Waals surface area contributed by atoms with Crippen LogP contribution in [0.25, 0.3) is 0 Å². The molecule has 2 rings (SSSR count). The van der Waals surface area contributed by atoms with E-state index in [9.17, 15) is 9.59 Å². The van der Waals surface area contributed by atoms with Gasteiger partial charge in [-0.05, 0) is 30.2 Å². The van der Waals surface area contributed by atoms with E-state index in [1.54, 1.807) is 36.4 Å². The maximum Gasteiger partial charge on any atom is 0.262 e. The standard InChI is InChI=1S/C19H20Cl2N2O3/c1-12(2)10-22-19(25)14-5-3-4-6-16(14)23-18(24)11-26-17-9-13(20)7-8-15(17)21/h3-9,12H,10-11H2,1-2H3,(H,22,25)(H,23,24). The Morgan fingerprint density at radius 1 is 1.12 bits per heavy atom. The van der Waals surface area contributed by atoms with Crippen molar-refractivity contribution in [1.82, 2.24) is 5.32 Å². The summed E-state index contributed by atoms with van der Waals surface area (Å²) in [6.07, 6.45) is 0. The van der Waals surface area contributed by atoms with Gasteiger partial charge in [0.15, 0.2) is 6.61 Å². The molecule has 2 amide bonds. The highest BCUT2D eigenvalue weighted by molar-refractivity contribution is 6.34. The molecule has 0 heterocycles. The minimum Gasteiger partial charge on any atom is -0.482 e. The highest BCUT2D eigenvalue weighted by Gasteiger charge is 2.14. The highest BCUT2D eigenvalue weighted by atomic mass is 35.5. The fourth-order valence-corrected chi connectivity index (χ4v) is 2.43. The lowest BCUT2D eigenvalue weighted by molar-refractivity contribution is -0.118. The van der Waals surface area contributed by atoms with Crippen LogP contribution in [0, 0.1) is 5.92 Å². The first-order valence-electron chi connectivity index (χ1n) is 8.11. The third-order valence-corrected chi connectivity index (χ3v) is 3.92. The normalized spacial score (nSPS) is 10.5. The first kappa shape index (κ1) is 20.1. The van der Waals surface area contributed by atoms with Crippen LogP contribution in [0.2, 0.25) is 10.0 Å². The zero-order valence-corrected chi connectivity index (χ0v) is 16.0. The van der Waals surface area contributed by atoms with Gasteiger partial charge in [0.05, 0.1) is 16.3 Å². The van der Waals surface area contributed by atoms with Crippen LogP contribution in [0.15, 0.2) is 42.5 Å². The van der Waals surface area contributed by atoms with Crippen LogP contribution in [-0.2, 0) is 4.79 Å². The third-order valence-electron chi connectivity index (χ3n) is 3.37. The third kappa shape index (κ3) is 5.93. The molecule has 0 fully saturated rings. The summed E-state index contributed by atoms with van der Waals surface area (Å²) in [5.74, 6) is -0.00705. The smallest absolute Gasteiger partial charge is 0.262 e. The summed E-state index contributed by atoms with van der Waals surface area (Å²) in [7, 11) is 0. The zero-order valence-electron chi connectivity index (χ0n) is 14.5. The minimum atomic E-state index is -0.412. The van der Waals surface area contributed by atoms with Crippen LogP contribution in [0.3, 0.4) is 0 Å². The van der Waals surface area contributed by atoms with Crippen molar-refractivity contribution in [1.29, 1.82) is 0 Å². The minimum absolute atomic E-state index is 0.242. The zero-order chi connectivity index (χ0) is 19.1. The Balaban J connectivity index is 2.00. The van der Waals surface area contributed by atoms with Crippen LogP contribution in [0.1, 0.15) is 24.2 Å². The van der Waals surface area contributed by atoms with Gasteiger partial charge in [-0.2, -0.15) is 0 Å². The fraction of sp³-hybridized carbons (Fsp3) is 0.263. The molecule has 0 atom stereocenters. The molecular weight excluding hydrogens is 375 g/mol. The van der Waals surface area contributed by atoms with Crippen molar-refractivity contribution >= 4 is 40.7 Å². The molecule has 0 saturated heterocycles. The molecule has 26 heavy (non-hydrogen) atoms. The predicted molar refractivity (Wildman–Crippen MR) is 104 cm³/mol. The van der Waals surface area contributed by atoms with E-state index in [-0.39, 0.29) is 12.5 Å². The van der Waals surface area contributed by atoms with Crippen molar-refractivity contribution in [3.8, 4) is 5.75 Å². The second-order valence-electron chi connectivity index (χ2n) is 6.06. The van der Waals surface area contributed by atoms with Crippen LogP contribution in [0.4, 0.5) is 5.69 Å². The SMILES string of the molecule is CC(C)CNC(=O)c1ccccc1NC(=O)COc1cc(Cl)ccc1Cl. The maximum atomic E-state index is 12.3. The number of amides is 2. The Labute approximate surface area is 162 Å². The topological polar surface area (TPSA) is 67.4 Å². The summed E-state index contributed by atoms with van der Waals surface area (Å²) in [4.78, 5) is 24.5. The molecule has 2 aromatic carbocycles. The molecule has 0 aliphatic carbocycles. The van der Waals surface area contributed by atoms with E-state index >= 15 is 0 Å². The van der Waals surface area contributed by atoms with Gasteiger partial charge in [0.1, 0.15) is 5.75 Å². The van der Waals surface area contributed by atoms with Crippen molar-refractivity contribution < 1.29 is 14.3 Å². The molecular formula is C19H20Cl2N2O3. The van der Waals surface area contributed by atoms with Gasteiger partial charge >= 0.3 is 0 Å². The summed E-state index contributed by atoms with van der Waals surface area (Å²) >= 11 is 11.9. The molecule has 0 aromatic heterocycles. The monoisotopic (exact) mass is 394 g/mol. The summed E-state index contributed by atoms with van der Waals surface area (Å²) in [6.45, 7) is 4.30. The number of carbonyl (C=O) groups is 2. The second kappa shape index (κ2) is 9.46. The Morgan fingerprint density at radius 2 is 1.85 bits per heavy atom. The number of anilines is 1. The van der Waals surface area contributed by atoms with Crippen LogP contribution < -0.4 is 15.4 Å². The Hall–Kier alpha value is -2.24. The molecule has 0 bridgehead atoms. The molecule has 138 valence electrons. The van der Waals surface area contributed by atoms with Gasteiger partial charge in [0.2, 0.25) is 0 Å². The van der Waals surface area contributed by atoms with E-state index in [2.05, 4.69) is 10.6 Å². The Bertz CT molecular complexity index is 794. The summed E-state index contributed by atoms with van der Waals surface area (Å²) in [5.41, 5.74) is 0.807. The summed E-state index contributed by atoms with van der Waals surface area (Å²) in [6, 6.07) is 11.5. The van der Waals surface area contributed by atoms with Gasteiger partial charge in [0, 0.05) is 17.6 Å². The molecule has 2 aromatic rings. The van der Waals surface area contributed by atoms with Crippen LogP contribution in [0.5, 0.6) is 5.75 Å². The maximum absolute atomic E-state index is 12.3. The summed E-state index contributed by atoms with van der Waals surface area (Å²) < 4.78 is 5.40. The Morgan fingerprint density at radius 3 is 2.58 bits per heavy atom. The largest absolute Gasteiger partial charge is 0.482 e. The van der Waals surface area contributed by atoms with E-state index in [4.69, 9.17) is 27.9 Å². The van der Waals surface area contributed by atoms with E-state index in [0.29, 0.717) is 39.5 Å². The highest BCUT2D eigenvalue weighted by Crippen LogP contribution is 2.27. The van der Waals surface area contributed by atoms with Crippen LogP contribution >= 0.6 is 23.2 Å².